The first kappa shape index (κ1) is 19.8. The number of unbranched alkanes of at least 4 members (excludes halogenated alkanes) is 1. The van der Waals surface area contributed by atoms with Gasteiger partial charge in [0.2, 0.25) is 5.91 Å². The number of ether oxygens (including phenoxy) is 2. The summed E-state index contributed by atoms with van der Waals surface area (Å²) in [7, 11) is 0. The van der Waals surface area contributed by atoms with Crippen molar-refractivity contribution in [1.29, 1.82) is 0 Å². The van der Waals surface area contributed by atoms with E-state index in [1.54, 1.807) is 4.90 Å². The van der Waals surface area contributed by atoms with Crippen LogP contribution in [0, 0.1) is 0 Å². The molecule has 0 atom stereocenters. The molecule has 1 aromatic carbocycles. The number of rotatable bonds is 10. The third kappa shape index (κ3) is 5.70. The standard InChI is InChI=1S/C18H28ClNO3/c1-5-7-11-23-16-10-8-9-15(14(3)4)18(16)20(13-22-6-2)17(21)12-19/h8-10,14H,5-7,11-13H2,1-4H3. The van der Waals surface area contributed by atoms with Gasteiger partial charge in [0.15, 0.2) is 0 Å². The predicted octanol–water partition coefficient (Wildman–Crippen LogP) is 4.55. The first-order valence-electron chi connectivity index (χ1n) is 8.26. The molecule has 0 spiro atoms. The molecule has 0 radical (unpaired) electrons. The van der Waals surface area contributed by atoms with E-state index in [1.807, 2.05) is 25.1 Å². The summed E-state index contributed by atoms with van der Waals surface area (Å²) in [4.78, 5) is 13.9. The maximum atomic E-state index is 12.3. The number of carbonyl (C=O) groups excluding carboxylic acids is 1. The van der Waals surface area contributed by atoms with E-state index >= 15 is 0 Å². The number of halogens is 1. The zero-order valence-corrected chi connectivity index (χ0v) is 15.4. The van der Waals surface area contributed by atoms with Crippen LogP contribution in [0.3, 0.4) is 0 Å². The fraction of sp³-hybridized carbons (Fsp3) is 0.611. The molecule has 0 bridgehead atoms. The number of nitrogens with zero attached hydrogens (tertiary/aromatic N) is 1. The van der Waals surface area contributed by atoms with E-state index in [0.29, 0.717) is 19.0 Å². The van der Waals surface area contributed by atoms with Gasteiger partial charge in [-0.3, -0.25) is 9.69 Å². The second-order valence-corrected chi connectivity index (χ2v) is 5.90. The molecule has 0 unspecified atom stereocenters. The average molecular weight is 342 g/mol. The SMILES string of the molecule is CCCCOc1cccc(C(C)C)c1N(COCC)C(=O)CCl. The molecule has 23 heavy (non-hydrogen) atoms. The van der Waals surface area contributed by atoms with E-state index < -0.39 is 0 Å². The highest BCUT2D eigenvalue weighted by Crippen LogP contribution is 2.37. The van der Waals surface area contributed by atoms with Gasteiger partial charge in [-0.05, 0) is 30.9 Å². The van der Waals surface area contributed by atoms with Crippen LogP contribution < -0.4 is 9.64 Å². The van der Waals surface area contributed by atoms with Gasteiger partial charge in [0, 0.05) is 6.61 Å². The van der Waals surface area contributed by atoms with Gasteiger partial charge in [-0.2, -0.15) is 0 Å². The topological polar surface area (TPSA) is 38.8 Å². The van der Waals surface area contributed by atoms with Gasteiger partial charge in [-0.25, -0.2) is 0 Å². The summed E-state index contributed by atoms with van der Waals surface area (Å²) >= 11 is 5.80. The number of amides is 1. The first-order chi connectivity index (χ1) is 11.1. The molecule has 4 nitrogen and oxygen atoms in total. The minimum absolute atomic E-state index is 0.0894. The van der Waals surface area contributed by atoms with Crippen molar-refractivity contribution < 1.29 is 14.3 Å². The van der Waals surface area contributed by atoms with Gasteiger partial charge < -0.3 is 9.47 Å². The smallest absolute Gasteiger partial charge is 0.243 e. The van der Waals surface area contributed by atoms with Crippen molar-refractivity contribution in [2.24, 2.45) is 0 Å². The van der Waals surface area contributed by atoms with Crippen LogP contribution in [0.15, 0.2) is 18.2 Å². The van der Waals surface area contributed by atoms with Gasteiger partial charge in [0.05, 0.1) is 12.3 Å². The summed E-state index contributed by atoms with van der Waals surface area (Å²) in [6.45, 7) is 9.54. The number of alkyl halides is 1. The molecule has 0 heterocycles. The number of benzene rings is 1. The summed E-state index contributed by atoms with van der Waals surface area (Å²) in [6.07, 6.45) is 2.03. The Morgan fingerprint density at radius 3 is 2.61 bits per heavy atom. The van der Waals surface area contributed by atoms with Gasteiger partial charge in [0.25, 0.3) is 0 Å². The van der Waals surface area contributed by atoms with Crippen LogP contribution in [-0.2, 0) is 9.53 Å². The van der Waals surface area contributed by atoms with Crippen LogP contribution in [-0.4, -0.2) is 31.7 Å². The van der Waals surface area contributed by atoms with E-state index in [0.717, 1.165) is 24.1 Å². The monoisotopic (exact) mass is 341 g/mol. The highest BCUT2D eigenvalue weighted by molar-refractivity contribution is 6.29. The Bertz CT molecular complexity index is 491. The summed E-state index contributed by atoms with van der Waals surface area (Å²) in [5.41, 5.74) is 1.83. The van der Waals surface area contributed by atoms with Crippen molar-refractivity contribution >= 4 is 23.2 Å². The largest absolute Gasteiger partial charge is 0.491 e. The maximum Gasteiger partial charge on any atom is 0.243 e. The van der Waals surface area contributed by atoms with Crippen molar-refractivity contribution in [2.75, 3.05) is 30.7 Å². The van der Waals surface area contributed by atoms with Crippen LogP contribution in [0.5, 0.6) is 5.75 Å². The Morgan fingerprint density at radius 1 is 1.30 bits per heavy atom. The summed E-state index contributed by atoms with van der Waals surface area (Å²) in [5, 5.41) is 0. The molecule has 0 N–H and O–H groups in total. The van der Waals surface area contributed by atoms with Crippen molar-refractivity contribution in [1.82, 2.24) is 0 Å². The average Bonchev–Trinajstić information content (AvgIpc) is 2.55. The predicted molar refractivity (Wildman–Crippen MR) is 95.6 cm³/mol. The molecule has 1 rings (SSSR count). The van der Waals surface area contributed by atoms with E-state index in [4.69, 9.17) is 21.1 Å². The lowest BCUT2D eigenvalue weighted by Crippen LogP contribution is -2.35. The van der Waals surface area contributed by atoms with Crippen molar-refractivity contribution in [3.05, 3.63) is 23.8 Å². The third-order valence-corrected chi connectivity index (χ3v) is 3.75. The van der Waals surface area contributed by atoms with Crippen molar-refractivity contribution in [3.8, 4) is 5.75 Å². The summed E-state index contributed by atoms with van der Waals surface area (Å²) in [5.74, 6) is 0.692. The molecule has 0 aliphatic heterocycles. The quantitative estimate of drug-likeness (QED) is 0.356. The van der Waals surface area contributed by atoms with Gasteiger partial charge in [-0.1, -0.05) is 39.3 Å². The molecule has 1 amide bonds. The van der Waals surface area contributed by atoms with Gasteiger partial charge >= 0.3 is 0 Å². The molecule has 1 aromatic rings. The van der Waals surface area contributed by atoms with E-state index in [9.17, 15) is 4.79 Å². The minimum Gasteiger partial charge on any atom is -0.491 e. The second-order valence-electron chi connectivity index (χ2n) is 5.63. The first-order valence-corrected chi connectivity index (χ1v) is 8.79. The lowest BCUT2D eigenvalue weighted by Gasteiger charge is -2.28. The van der Waals surface area contributed by atoms with E-state index in [1.165, 1.54) is 0 Å². The molecule has 0 aromatic heterocycles. The van der Waals surface area contributed by atoms with E-state index in [2.05, 4.69) is 20.8 Å². The molecule has 0 aliphatic rings. The molecular weight excluding hydrogens is 314 g/mol. The number of carbonyl (C=O) groups is 1. The summed E-state index contributed by atoms with van der Waals surface area (Å²) in [6, 6.07) is 5.88. The van der Waals surface area contributed by atoms with Crippen molar-refractivity contribution in [3.63, 3.8) is 0 Å². The zero-order chi connectivity index (χ0) is 17.2. The number of hydrogen-bond acceptors (Lipinski definition) is 3. The van der Waals surface area contributed by atoms with Crippen LogP contribution in [0.4, 0.5) is 5.69 Å². The highest BCUT2D eigenvalue weighted by Gasteiger charge is 2.23. The fourth-order valence-electron chi connectivity index (χ4n) is 2.25. The Hall–Kier alpha value is -1.26. The van der Waals surface area contributed by atoms with Gasteiger partial charge in [0.1, 0.15) is 18.4 Å². The summed E-state index contributed by atoms with van der Waals surface area (Å²) < 4.78 is 11.4. The Labute approximate surface area is 144 Å². The number of hydrogen-bond donors (Lipinski definition) is 0. The number of para-hydroxylation sites is 1. The van der Waals surface area contributed by atoms with Crippen molar-refractivity contribution in [2.45, 2.75) is 46.5 Å². The second kappa shape index (κ2) is 10.5. The zero-order valence-electron chi connectivity index (χ0n) is 14.6. The fourth-order valence-corrected chi connectivity index (χ4v) is 2.40. The Kier molecular flexibility index (Phi) is 9.03. The molecule has 0 saturated carbocycles. The van der Waals surface area contributed by atoms with E-state index in [-0.39, 0.29) is 24.4 Å². The minimum atomic E-state index is -0.187. The lowest BCUT2D eigenvalue weighted by atomic mass is 9.99. The maximum absolute atomic E-state index is 12.3. The third-order valence-electron chi connectivity index (χ3n) is 3.52. The Balaban J connectivity index is 3.25. The molecular formula is C18H28ClNO3. The van der Waals surface area contributed by atoms with Crippen LogP contribution in [0.2, 0.25) is 0 Å². The lowest BCUT2D eigenvalue weighted by molar-refractivity contribution is -0.117. The molecule has 0 aliphatic carbocycles. The van der Waals surface area contributed by atoms with Crippen LogP contribution in [0.25, 0.3) is 0 Å². The number of anilines is 1. The van der Waals surface area contributed by atoms with Crippen LogP contribution >= 0.6 is 11.6 Å². The highest BCUT2D eigenvalue weighted by atomic mass is 35.5. The molecule has 5 heteroatoms. The molecule has 0 saturated heterocycles. The van der Waals surface area contributed by atoms with Crippen LogP contribution in [0.1, 0.15) is 52.0 Å². The Morgan fingerprint density at radius 2 is 2.04 bits per heavy atom. The molecule has 130 valence electrons. The normalized spacial score (nSPS) is 10.9. The molecule has 0 fully saturated rings. The van der Waals surface area contributed by atoms with Gasteiger partial charge in [-0.15, -0.1) is 11.6 Å².